The fourth-order valence-electron chi connectivity index (χ4n) is 4.48. The van der Waals surface area contributed by atoms with Crippen LogP contribution in [0.1, 0.15) is 84.0 Å². The number of nitrogens with one attached hydrogen (secondary N) is 1. The molecule has 0 radical (unpaired) electrons. The van der Waals surface area contributed by atoms with E-state index in [1.807, 2.05) is 0 Å². The van der Waals surface area contributed by atoms with Gasteiger partial charge in [-0.15, -0.1) is 0 Å². The highest BCUT2D eigenvalue weighted by Gasteiger charge is 2.30. The van der Waals surface area contributed by atoms with Gasteiger partial charge in [-0.05, 0) is 37.5 Å². The smallest absolute Gasteiger partial charge is 0.231 e. The summed E-state index contributed by atoms with van der Waals surface area (Å²) in [5.41, 5.74) is 0.840. The van der Waals surface area contributed by atoms with Gasteiger partial charge in [0.1, 0.15) is 5.78 Å². The Kier molecular flexibility index (Phi) is 7.32. The molecular formula is C20H33NO2. The molecule has 2 saturated carbocycles. The Labute approximate surface area is 141 Å². The second kappa shape index (κ2) is 9.24. The Bertz CT molecular complexity index is 421. The molecule has 0 aromatic heterocycles. The Morgan fingerprint density at radius 1 is 0.913 bits per heavy atom. The van der Waals surface area contributed by atoms with Crippen LogP contribution >= 0.6 is 0 Å². The van der Waals surface area contributed by atoms with Crippen LogP contribution in [0.15, 0.2) is 12.3 Å². The second-order valence-electron chi connectivity index (χ2n) is 7.68. The lowest BCUT2D eigenvalue weighted by Gasteiger charge is -2.36. The highest BCUT2D eigenvalue weighted by atomic mass is 16.2. The first kappa shape index (κ1) is 18.2. The highest BCUT2D eigenvalue weighted by molar-refractivity contribution is 5.97. The molecule has 2 atom stereocenters. The predicted octanol–water partition coefficient (Wildman–Crippen LogP) is 4.76. The molecule has 0 saturated heterocycles. The monoisotopic (exact) mass is 319 g/mol. The van der Waals surface area contributed by atoms with Crippen molar-refractivity contribution >= 4 is 11.7 Å². The zero-order chi connectivity index (χ0) is 16.7. The van der Waals surface area contributed by atoms with Crippen molar-refractivity contribution in [3.8, 4) is 0 Å². The Balaban J connectivity index is 1.85. The van der Waals surface area contributed by atoms with E-state index in [0.29, 0.717) is 5.92 Å². The molecule has 3 heteroatoms. The number of carbonyl (C=O) groups is 2. The lowest BCUT2D eigenvalue weighted by molar-refractivity contribution is -0.126. The molecule has 2 unspecified atom stereocenters. The first-order valence-corrected chi connectivity index (χ1v) is 9.54. The highest BCUT2D eigenvalue weighted by Crippen LogP contribution is 2.40. The lowest BCUT2D eigenvalue weighted by Crippen LogP contribution is -2.31. The van der Waals surface area contributed by atoms with Crippen LogP contribution in [0.25, 0.3) is 0 Å². The third-order valence-corrected chi connectivity index (χ3v) is 5.73. The standard InChI is InChI=1S/C20H33NO2/c1-15(22)13-20(23)21-16(2)18-11-8-12-19(14-18)17-9-6-4-3-5-7-10-17/h17-19H,2-14H2,1H3,(H,21,23). The maximum atomic E-state index is 11.8. The van der Waals surface area contributed by atoms with Crippen LogP contribution in [-0.4, -0.2) is 11.7 Å². The minimum atomic E-state index is -0.199. The van der Waals surface area contributed by atoms with E-state index < -0.39 is 0 Å². The van der Waals surface area contributed by atoms with Gasteiger partial charge in [-0.25, -0.2) is 0 Å². The largest absolute Gasteiger partial charge is 0.330 e. The van der Waals surface area contributed by atoms with Gasteiger partial charge in [0.2, 0.25) is 5.91 Å². The minimum absolute atomic E-state index is 0.0300. The number of rotatable bonds is 5. The molecule has 2 aliphatic rings. The van der Waals surface area contributed by atoms with Gasteiger partial charge in [-0.1, -0.05) is 64.4 Å². The molecule has 0 bridgehead atoms. The molecule has 0 aliphatic heterocycles. The summed E-state index contributed by atoms with van der Waals surface area (Å²) >= 11 is 0. The number of allylic oxidation sites excluding steroid dienone is 1. The van der Waals surface area contributed by atoms with Crippen molar-refractivity contribution in [1.29, 1.82) is 0 Å². The molecule has 2 rings (SSSR count). The lowest BCUT2D eigenvalue weighted by atomic mass is 9.71. The van der Waals surface area contributed by atoms with Crippen molar-refractivity contribution in [2.24, 2.45) is 17.8 Å². The van der Waals surface area contributed by atoms with Gasteiger partial charge in [-0.2, -0.15) is 0 Å². The first-order valence-electron chi connectivity index (χ1n) is 9.54. The molecule has 130 valence electrons. The molecule has 2 aliphatic carbocycles. The molecule has 0 aromatic carbocycles. The maximum absolute atomic E-state index is 11.8. The Morgan fingerprint density at radius 2 is 1.52 bits per heavy atom. The molecular weight excluding hydrogens is 286 g/mol. The van der Waals surface area contributed by atoms with Crippen molar-refractivity contribution < 1.29 is 9.59 Å². The average Bonchev–Trinajstić information content (AvgIpc) is 2.46. The normalized spacial score (nSPS) is 26.8. The third-order valence-electron chi connectivity index (χ3n) is 5.73. The zero-order valence-corrected chi connectivity index (χ0v) is 14.7. The van der Waals surface area contributed by atoms with Gasteiger partial charge >= 0.3 is 0 Å². The number of hydrogen-bond donors (Lipinski definition) is 1. The van der Waals surface area contributed by atoms with Crippen LogP contribution in [0.5, 0.6) is 0 Å². The number of Topliss-reactive ketones (excluding diaryl/α,β-unsaturated/α-hetero) is 1. The SMILES string of the molecule is C=C(NC(=O)CC(C)=O)C1CCCC(C2CCCCCCC2)C1. The van der Waals surface area contributed by atoms with Gasteiger partial charge in [0.05, 0.1) is 6.42 Å². The van der Waals surface area contributed by atoms with E-state index >= 15 is 0 Å². The zero-order valence-electron chi connectivity index (χ0n) is 14.7. The van der Waals surface area contributed by atoms with E-state index in [0.717, 1.165) is 24.0 Å². The van der Waals surface area contributed by atoms with Crippen LogP contribution in [0.4, 0.5) is 0 Å². The first-order chi connectivity index (χ1) is 11.1. The van der Waals surface area contributed by atoms with Gasteiger partial charge < -0.3 is 5.32 Å². The number of ketones is 1. The fourth-order valence-corrected chi connectivity index (χ4v) is 4.48. The van der Waals surface area contributed by atoms with E-state index in [1.54, 1.807) is 0 Å². The third kappa shape index (κ3) is 6.12. The summed E-state index contributed by atoms with van der Waals surface area (Å²) < 4.78 is 0. The summed E-state index contributed by atoms with van der Waals surface area (Å²) in [5, 5.41) is 2.87. The van der Waals surface area contributed by atoms with Crippen molar-refractivity contribution in [2.45, 2.75) is 84.0 Å². The summed E-state index contributed by atoms with van der Waals surface area (Å²) in [7, 11) is 0. The quantitative estimate of drug-likeness (QED) is 0.742. The maximum Gasteiger partial charge on any atom is 0.231 e. The number of amides is 1. The summed E-state index contributed by atoms with van der Waals surface area (Å²) in [6.45, 7) is 5.55. The molecule has 1 N–H and O–H groups in total. The van der Waals surface area contributed by atoms with E-state index in [9.17, 15) is 9.59 Å². The van der Waals surface area contributed by atoms with Crippen molar-refractivity contribution in [1.82, 2.24) is 5.32 Å². The molecule has 0 heterocycles. The minimum Gasteiger partial charge on any atom is -0.330 e. The average molecular weight is 319 g/mol. The summed E-state index contributed by atoms with van der Waals surface area (Å²) in [6, 6.07) is 0. The van der Waals surface area contributed by atoms with Crippen LogP contribution in [0, 0.1) is 17.8 Å². The molecule has 23 heavy (non-hydrogen) atoms. The molecule has 2 fully saturated rings. The predicted molar refractivity (Wildman–Crippen MR) is 93.8 cm³/mol. The topological polar surface area (TPSA) is 46.2 Å². The van der Waals surface area contributed by atoms with Gasteiger partial charge in [0, 0.05) is 5.70 Å². The molecule has 0 spiro atoms. The van der Waals surface area contributed by atoms with Gasteiger partial charge in [0.15, 0.2) is 0 Å². The van der Waals surface area contributed by atoms with E-state index in [4.69, 9.17) is 0 Å². The summed E-state index contributed by atoms with van der Waals surface area (Å²) in [5.74, 6) is 1.78. The van der Waals surface area contributed by atoms with Crippen LogP contribution in [-0.2, 0) is 9.59 Å². The Hall–Kier alpha value is -1.12. The van der Waals surface area contributed by atoms with Crippen molar-refractivity contribution in [3.05, 3.63) is 12.3 Å². The van der Waals surface area contributed by atoms with E-state index in [-0.39, 0.29) is 18.1 Å². The second-order valence-corrected chi connectivity index (χ2v) is 7.68. The molecule has 0 aromatic rings. The molecule has 3 nitrogen and oxygen atoms in total. The van der Waals surface area contributed by atoms with Crippen molar-refractivity contribution in [2.75, 3.05) is 0 Å². The van der Waals surface area contributed by atoms with Crippen LogP contribution in [0.2, 0.25) is 0 Å². The van der Waals surface area contributed by atoms with Crippen molar-refractivity contribution in [3.63, 3.8) is 0 Å². The number of carbonyl (C=O) groups excluding carboxylic acids is 2. The number of hydrogen-bond acceptors (Lipinski definition) is 2. The van der Waals surface area contributed by atoms with Crippen LogP contribution in [0.3, 0.4) is 0 Å². The van der Waals surface area contributed by atoms with E-state index in [1.165, 1.54) is 71.1 Å². The Morgan fingerprint density at radius 3 is 2.17 bits per heavy atom. The van der Waals surface area contributed by atoms with Gasteiger partial charge in [0.25, 0.3) is 0 Å². The molecule has 1 amide bonds. The summed E-state index contributed by atoms with van der Waals surface area (Å²) in [4.78, 5) is 22.8. The fraction of sp³-hybridized carbons (Fsp3) is 0.800. The van der Waals surface area contributed by atoms with Gasteiger partial charge in [-0.3, -0.25) is 9.59 Å². The van der Waals surface area contributed by atoms with Crippen LogP contribution < -0.4 is 5.32 Å². The summed E-state index contributed by atoms with van der Waals surface area (Å²) in [6.07, 6.45) is 14.6. The van der Waals surface area contributed by atoms with E-state index in [2.05, 4.69) is 11.9 Å².